The highest BCUT2D eigenvalue weighted by Gasteiger charge is 2.20. The Morgan fingerprint density at radius 3 is 2.65 bits per heavy atom. The highest BCUT2D eigenvalue weighted by Crippen LogP contribution is 2.22. The first-order valence-corrected chi connectivity index (χ1v) is 6.24. The fourth-order valence-corrected chi connectivity index (χ4v) is 2.28. The molecule has 0 aromatic heterocycles. The van der Waals surface area contributed by atoms with Crippen LogP contribution in [0.25, 0.3) is 0 Å². The van der Waals surface area contributed by atoms with Crippen LogP contribution in [0.15, 0.2) is 22.7 Å². The number of carbonyl (C=O) groups excluding carboxylic acids is 1. The Balaban J connectivity index is 0.00000144. The summed E-state index contributed by atoms with van der Waals surface area (Å²) in [5.41, 5.74) is 1.86. The molecule has 1 aromatic carbocycles. The Morgan fingerprint density at radius 1 is 1.35 bits per heavy atom. The number of hydrogen-bond donors (Lipinski definition) is 1. The smallest absolute Gasteiger partial charge is 0.255 e. The zero-order valence-electron chi connectivity index (χ0n) is 9.70. The van der Waals surface area contributed by atoms with Gasteiger partial charge in [0, 0.05) is 30.7 Å². The molecule has 0 saturated carbocycles. The number of hydrogen-bond acceptors (Lipinski definition) is 2. The van der Waals surface area contributed by atoms with Crippen molar-refractivity contribution in [3.63, 3.8) is 0 Å². The number of amides is 1. The van der Waals surface area contributed by atoms with Crippen LogP contribution in [-0.4, -0.2) is 37.0 Å². The molecule has 1 amide bonds. The van der Waals surface area contributed by atoms with Crippen molar-refractivity contribution in [3.05, 3.63) is 33.8 Å². The Labute approximate surface area is 116 Å². The zero-order valence-corrected chi connectivity index (χ0v) is 12.1. The Kier molecular flexibility index (Phi) is 5.43. The number of aryl methyl sites for hydroxylation is 1. The van der Waals surface area contributed by atoms with Crippen molar-refractivity contribution in [3.8, 4) is 0 Å². The van der Waals surface area contributed by atoms with Gasteiger partial charge in [0.2, 0.25) is 0 Å². The Bertz CT molecular complexity index is 405. The van der Waals surface area contributed by atoms with E-state index in [9.17, 15) is 4.79 Å². The molecule has 17 heavy (non-hydrogen) atoms. The van der Waals surface area contributed by atoms with Crippen molar-refractivity contribution < 1.29 is 4.79 Å². The van der Waals surface area contributed by atoms with Gasteiger partial charge in [-0.2, -0.15) is 0 Å². The molecule has 0 aliphatic carbocycles. The van der Waals surface area contributed by atoms with E-state index in [0.29, 0.717) is 0 Å². The van der Waals surface area contributed by atoms with Crippen LogP contribution in [0.5, 0.6) is 0 Å². The summed E-state index contributed by atoms with van der Waals surface area (Å²) in [5.74, 6) is 0.122. The normalized spacial score (nSPS) is 15.3. The number of carbonyl (C=O) groups is 1. The molecule has 0 bridgehead atoms. The molecule has 2 rings (SSSR count). The lowest BCUT2D eigenvalue weighted by Gasteiger charge is -2.28. The summed E-state index contributed by atoms with van der Waals surface area (Å²) in [6.45, 7) is 5.35. The second-order valence-corrected chi connectivity index (χ2v) is 4.77. The molecule has 3 nitrogen and oxygen atoms in total. The summed E-state index contributed by atoms with van der Waals surface area (Å²) in [6, 6.07) is 5.80. The van der Waals surface area contributed by atoms with E-state index in [1.54, 1.807) is 0 Å². The summed E-state index contributed by atoms with van der Waals surface area (Å²) < 4.78 is 0.915. The number of nitrogens with one attached hydrogen (secondary N) is 1. The van der Waals surface area contributed by atoms with Gasteiger partial charge in [-0.05, 0) is 34.5 Å². The molecule has 1 N–H and O–H groups in total. The third-order valence-electron chi connectivity index (χ3n) is 2.83. The van der Waals surface area contributed by atoms with Crippen LogP contribution >= 0.6 is 28.3 Å². The van der Waals surface area contributed by atoms with Crippen LogP contribution in [0.4, 0.5) is 0 Å². The van der Waals surface area contributed by atoms with Crippen molar-refractivity contribution in [1.29, 1.82) is 0 Å². The van der Waals surface area contributed by atoms with E-state index in [0.717, 1.165) is 41.8 Å². The lowest BCUT2D eigenvalue weighted by molar-refractivity contribution is 0.0735. The average molecular weight is 320 g/mol. The minimum absolute atomic E-state index is 0. The standard InChI is InChI=1S/C12H15BrN2O.ClH/c1-9-3-2-4-10(11(9)13)12(16)15-7-5-14-6-8-15;/h2-4,14H,5-8H2,1H3;1H. The molecule has 1 heterocycles. The predicted octanol–water partition coefficient (Wildman–Crippen LogP) is 2.22. The van der Waals surface area contributed by atoms with Crippen LogP contribution < -0.4 is 5.32 Å². The van der Waals surface area contributed by atoms with Crippen molar-refractivity contribution >= 4 is 34.2 Å². The van der Waals surface area contributed by atoms with Gasteiger partial charge in [-0.3, -0.25) is 4.79 Å². The van der Waals surface area contributed by atoms with E-state index in [1.807, 2.05) is 30.0 Å². The summed E-state index contributed by atoms with van der Waals surface area (Å²) in [7, 11) is 0. The summed E-state index contributed by atoms with van der Waals surface area (Å²) in [4.78, 5) is 14.1. The van der Waals surface area contributed by atoms with Crippen LogP contribution in [-0.2, 0) is 0 Å². The molecular weight excluding hydrogens is 304 g/mol. The molecule has 1 fully saturated rings. The molecule has 1 aliphatic rings. The lowest BCUT2D eigenvalue weighted by atomic mass is 10.1. The van der Waals surface area contributed by atoms with Gasteiger partial charge >= 0.3 is 0 Å². The van der Waals surface area contributed by atoms with E-state index in [-0.39, 0.29) is 18.3 Å². The minimum Gasteiger partial charge on any atom is -0.336 e. The van der Waals surface area contributed by atoms with Gasteiger partial charge in [0.25, 0.3) is 5.91 Å². The van der Waals surface area contributed by atoms with Crippen LogP contribution in [0.1, 0.15) is 15.9 Å². The van der Waals surface area contributed by atoms with Gasteiger partial charge in [-0.1, -0.05) is 12.1 Å². The summed E-state index contributed by atoms with van der Waals surface area (Å²) in [5, 5.41) is 3.24. The molecule has 0 unspecified atom stereocenters. The number of piperazine rings is 1. The van der Waals surface area contributed by atoms with Crippen LogP contribution in [0.3, 0.4) is 0 Å². The quantitative estimate of drug-likeness (QED) is 0.861. The highest BCUT2D eigenvalue weighted by atomic mass is 79.9. The topological polar surface area (TPSA) is 32.3 Å². The van der Waals surface area contributed by atoms with Gasteiger partial charge in [-0.25, -0.2) is 0 Å². The predicted molar refractivity (Wildman–Crippen MR) is 74.9 cm³/mol. The van der Waals surface area contributed by atoms with Crippen molar-refractivity contribution in [2.24, 2.45) is 0 Å². The Morgan fingerprint density at radius 2 is 2.00 bits per heavy atom. The molecule has 1 saturated heterocycles. The van der Waals surface area contributed by atoms with Gasteiger partial charge in [0.05, 0.1) is 5.56 Å². The fraction of sp³-hybridized carbons (Fsp3) is 0.417. The summed E-state index contributed by atoms with van der Waals surface area (Å²) >= 11 is 3.48. The fourth-order valence-electron chi connectivity index (χ4n) is 1.85. The first kappa shape index (κ1) is 14.5. The number of nitrogens with zero attached hydrogens (tertiary/aromatic N) is 1. The van der Waals surface area contributed by atoms with E-state index in [2.05, 4.69) is 21.2 Å². The number of halogens is 2. The molecular formula is C12H16BrClN2O. The van der Waals surface area contributed by atoms with E-state index >= 15 is 0 Å². The van der Waals surface area contributed by atoms with Crippen molar-refractivity contribution in [2.45, 2.75) is 6.92 Å². The Hall–Kier alpha value is -0.580. The second kappa shape index (κ2) is 6.38. The number of benzene rings is 1. The molecule has 94 valence electrons. The number of rotatable bonds is 1. The summed E-state index contributed by atoms with van der Waals surface area (Å²) in [6.07, 6.45) is 0. The third-order valence-corrected chi connectivity index (χ3v) is 3.88. The van der Waals surface area contributed by atoms with E-state index in [1.165, 1.54) is 0 Å². The molecule has 1 aliphatic heterocycles. The van der Waals surface area contributed by atoms with E-state index in [4.69, 9.17) is 0 Å². The first-order chi connectivity index (χ1) is 7.70. The molecule has 0 spiro atoms. The second-order valence-electron chi connectivity index (χ2n) is 3.98. The SMILES string of the molecule is Cc1cccc(C(=O)N2CCNCC2)c1Br.Cl. The molecule has 5 heteroatoms. The maximum Gasteiger partial charge on any atom is 0.255 e. The minimum atomic E-state index is 0. The van der Waals surface area contributed by atoms with Crippen LogP contribution in [0.2, 0.25) is 0 Å². The maximum atomic E-state index is 12.2. The van der Waals surface area contributed by atoms with Gasteiger partial charge < -0.3 is 10.2 Å². The third kappa shape index (κ3) is 3.21. The molecule has 1 aromatic rings. The van der Waals surface area contributed by atoms with Crippen molar-refractivity contribution in [1.82, 2.24) is 10.2 Å². The first-order valence-electron chi connectivity index (χ1n) is 5.45. The lowest BCUT2D eigenvalue weighted by Crippen LogP contribution is -2.46. The maximum absolute atomic E-state index is 12.2. The largest absolute Gasteiger partial charge is 0.336 e. The van der Waals surface area contributed by atoms with Gasteiger partial charge in [0.15, 0.2) is 0 Å². The van der Waals surface area contributed by atoms with Crippen LogP contribution in [0, 0.1) is 6.92 Å². The zero-order chi connectivity index (χ0) is 11.5. The monoisotopic (exact) mass is 318 g/mol. The highest BCUT2D eigenvalue weighted by molar-refractivity contribution is 9.10. The van der Waals surface area contributed by atoms with Gasteiger partial charge in [0.1, 0.15) is 0 Å². The molecule has 0 atom stereocenters. The van der Waals surface area contributed by atoms with E-state index < -0.39 is 0 Å². The molecule has 0 radical (unpaired) electrons. The van der Waals surface area contributed by atoms with Gasteiger partial charge in [-0.15, -0.1) is 12.4 Å². The average Bonchev–Trinajstić information content (AvgIpc) is 2.33. The van der Waals surface area contributed by atoms with Crippen molar-refractivity contribution in [2.75, 3.05) is 26.2 Å².